The number of methoxy groups -OCH3 is 1. The first-order valence-electron chi connectivity index (χ1n) is 3.95. The molecule has 1 rings (SSSR count). The summed E-state index contributed by atoms with van der Waals surface area (Å²) in [6, 6.07) is 5.23. The summed E-state index contributed by atoms with van der Waals surface area (Å²) < 4.78 is 4.95. The molecular weight excluding hydrogens is 166 g/mol. The molecule has 0 bridgehead atoms. The van der Waals surface area contributed by atoms with Crippen molar-refractivity contribution in [2.45, 2.75) is 0 Å². The van der Waals surface area contributed by atoms with Gasteiger partial charge in [0, 0.05) is 12.1 Å². The molecule has 0 radical (unpaired) electrons. The maximum Gasteiger partial charge on any atom is 0.165 e. The number of hydrogen-bond donors (Lipinski definition) is 2. The standard InChI is InChI=1S/C10H13NO2/c1-7(6-11)8-4-3-5-9(13-2)10(8)12/h3-5,12H,1,6,11H2,2H3. The molecular formula is C10H13NO2. The third kappa shape index (κ3) is 1.81. The van der Waals surface area contributed by atoms with Crippen LogP contribution in [-0.4, -0.2) is 18.8 Å². The average Bonchev–Trinajstić information content (AvgIpc) is 2.17. The lowest BCUT2D eigenvalue weighted by Crippen LogP contribution is -2.01. The van der Waals surface area contributed by atoms with Crippen LogP contribution in [0.3, 0.4) is 0 Å². The highest BCUT2D eigenvalue weighted by Gasteiger charge is 2.08. The Kier molecular flexibility index (Phi) is 2.93. The van der Waals surface area contributed by atoms with E-state index in [-0.39, 0.29) is 5.75 Å². The molecule has 1 aromatic carbocycles. The van der Waals surface area contributed by atoms with E-state index in [1.165, 1.54) is 7.11 Å². The molecule has 0 aliphatic carbocycles. The third-order valence-electron chi connectivity index (χ3n) is 1.85. The molecule has 0 fully saturated rings. The number of rotatable bonds is 3. The minimum absolute atomic E-state index is 0.0976. The fourth-order valence-corrected chi connectivity index (χ4v) is 1.08. The normalized spacial score (nSPS) is 9.69. The summed E-state index contributed by atoms with van der Waals surface area (Å²) in [5.41, 5.74) is 6.74. The molecule has 1 aromatic rings. The number of ether oxygens (including phenoxy) is 1. The van der Waals surface area contributed by atoms with E-state index in [1.807, 2.05) is 0 Å². The van der Waals surface area contributed by atoms with Gasteiger partial charge in [0.2, 0.25) is 0 Å². The summed E-state index contributed by atoms with van der Waals surface area (Å²) in [4.78, 5) is 0. The van der Waals surface area contributed by atoms with Crippen molar-refractivity contribution in [2.75, 3.05) is 13.7 Å². The zero-order valence-corrected chi connectivity index (χ0v) is 7.58. The average molecular weight is 179 g/mol. The largest absolute Gasteiger partial charge is 0.504 e. The first kappa shape index (κ1) is 9.61. The van der Waals surface area contributed by atoms with Crippen LogP contribution in [0.25, 0.3) is 5.57 Å². The predicted octanol–water partition coefficient (Wildman–Crippen LogP) is 1.37. The zero-order valence-electron chi connectivity index (χ0n) is 7.58. The van der Waals surface area contributed by atoms with Gasteiger partial charge in [0.25, 0.3) is 0 Å². The lowest BCUT2D eigenvalue weighted by molar-refractivity contribution is 0.373. The van der Waals surface area contributed by atoms with Gasteiger partial charge in [0.15, 0.2) is 11.5 Å². The minimum Gasteiger partial charge on any atom is -0.504 e. The zero-order chi connectivity index (χ0) is 9.84. The molecule has 0 aliphatic rings. The van der Waals surface area contributed by atoms with Crippen LogP contribution in [0, 0.1) is 0 Å². The van der Waals surface area contributed by atoms with Gasteiger partial charge in [-0.05, 0) is 11.6 Å². The molecule has 0 amide bonds. The first-order chi connectivity index (χ1) is 6.20. The highest BCUT2D eigenvalue weighted by atomic mass is 16.5. The van der Waals surface area contributed by atoms with Crippen LogP contribution < -0.4 is 10.5 Å². The van der Waals surface area contributed by atoms with Crippen LogP contribution in [0.2, 0.25) is 0 Å². The third-order valence-corrected chi connectivity index (χ3v) is 1.85. The van der Waals surface area contributed by atoms with Crippen molar-refractivity contribution in [3.05, 3.63) is 30.3 Å². The van der Waals surface area contributed by atoms with Crippen molar-refractivity contribution in [3.8, 4) is 11.5 Å². The first-order valence-corrected chi connectivity index (χ1v) is 3.95. The maximum atomic E-state index is 9.65. The Bertz CT molecular complexity index is 321. The molecule has 3 nitrogen and oxygen atoms in total. The summed E-state index contributed by atoms with van der Waals surface area (Å²) >= 11 is 0. The molecule has 0 saturated carbocycles. The number of aromatic hydroxyl groups is 1. The van der Waals surface area contributed by atoms with Gasteiger partial charge >= 0.3 is 0 Å². The lowest BCUT2D eigenvalue weighted by Gasteiger charge is -2.09. The van der Waals surface area contributed by atoms with E-state index in [1.54, 1.807) is 18.2 Å². The topological polar surface area (TPSA) is 55.5 Å². The molecule has 70 valence electrons. The molecule has 13 heavy (non-hydrogen) atoms. The van der Waals surface area contributed by atoms with Crippen LogP contribution in [0.5, 0.6) is 11.5 Å². The molecule has 0 heterocycles. The number of phenolic OH excluding ortho intramolecular Hbond substituents is 1. The van der Waals surface area contributed by atoms with Crippen LogP contribution >= 0.6 is 0 Å². The lowest BCUT2D eigenvalue weighted by atomic mass is 10.1. The number of nitrogens with two attached hydrogens (primary N) is 1. The second-order valence-electron chi connectivity index (χ2n) is 2.66. The molecule has 0 aromatic heterocycles. The van der Waals surface area contributed by atoms with Gasteiger partial charge in [-0.15, -0.1) is 0 Å². The van der Waals surface area contributed by atoms with Crippen molar-refractivity contribution in [3.63, 3.8) is 0 Å². The van der Waals surface area contributed by atoms with Gasteiger partial charge in [0.05, 0.1) is 7.11 Å². The molecule has 3 N–H and O–H groups in total. The van der Waals surface area contributed by atoms with E-state index < -0.39 is 0 Å². The molecule has 0 unspecified atom stereocenters. The van der Waals surface area contributed by atoms with E-state index in [0.717, 1.165) is 0 Å². The van der Waals surface area contributed by atoms with Crippen molar-refractivity contribution >= 4 is 5.57 Å². The number of benzene rings is 1. The van der Waals surface area contributed by atoms with Crippen molar-refractivity contribution in [2.24, 2.45) is 5.73 Å². The van der Waals surface area contributed by atoms with E-state index >= 15 is 0 Å². The molecule has 0 saturated heterocycles. The van der Waals surface area contributed by atoms with E-state index in [2.05, 4.69) is 6.58 Å². The molecule has 0 spiro atoms. The quantitative estimate of drug-likeness (QED) is 0.736. The van der Waals surface area contributed by atoms with Crippen LogP contribution in [-0.2, 0) is 0 Å². The molecule has 0 aliphatic heterocycles. The molecule has 0 atom stereocenters. The number of phenols is 1. The van der Waals surface area contributed by atoms with Crippen molar-refractivity contribution < 1.29 is 9.84 Å². The Morgan fingerprint density at radius 2 is 2.31 bits per heavy atom. The van der Waals surface area contributed by atoms with Gasteiger partial charge in [-0.3, -0.25) is 0 Å². The van der Waals surface area contributed by atoms with E-state index in [4.69, 9.17) is 10.5 Å². The van der Waals surface area contributed by atoms with Crippen LogP contribution in [0.15, 0.2) is 24.8 Å². The van der Waals surface area contributed by atoms with Gasteiger partial charge in [-0.25, -0.2) is 0 Å². The van der Waals surface area contributed by atoms with Gasteiger partial charge < -0.3 is 15.6 Å². The number of hydrogen-bond acceptors (Lipinski definition) is 3. The smallest absolute Gasteiger partial charge is 0.165 e. The van der Waals surface area contributed by atoms with Gasteiger partial charge in [-0.2, -0.15) is 0 Å². The van der Waals surface area contributed by atoms with E-state index in [0.29, 0.717) is 23.4 Å². The summed E-state index contributed by atoms with van der Waals surface area (Å²) in [5.74, 6) is 0.535. The predicted molar refractivity (Wildman–Crippen MR) is 52.7 cm³/mol. The minimum atomic E-state index is 0.0976. The second kappa shape index (κ2) is 3.96. The summed E-state index contributed by atoms with van der Waals surface area (Å²) in [7, 11) is 1.50. The Balaban J connectivity index is 3.15. The fraction of sp³-hybridized carbons (Fsp3) is 0.200. The van der Waals surface area contributed by atoms with E-state index in [9.17, 15) is 5.11 Å². The van der Waals surface area contributed by atoms with Crippen molar-refractivity contribution in [1.29, 1.82) is 0 Å². The Labute approximate surface area is 77.4 Å². The van der Waals surface area contributed by atoms with Gasteiger partial charge in [-0.1, -0.05) is 18.7 Å². The van der Waals surface area contributed by atoms with Crippen LogP contribution in [0.4, 0.5) is 0 Å². The Hall–Kier alpha value is -1.48. The SMILES string of the molecule is C=C(CN)c1cccc(OC)c1O. The summed E-state index contributed by atoms with van der Waals surface area (Å²) in [6.07, 6.45) is 0. The fourth-order valence-electron chi connectivity index (χ4n) is 1.08. The highest BCUT2D eigenvalue weighted by Crippen LogP contribution is 2.32. The maximum absolute atomic E-state index is 9.65. The van der Waals surface area contributed by atoms with Gasteiger partial charge in [0.1, 0.15) is 0 Å². The Morgan fingerprint density at radius 1 is 1.62 bits per heavy atom. The monoisotopic (exact) mass is 179 g/mol. The summed E-state index contributed by atoms with van der Waals surface area (Å²) in [6.45, 7) is 4.06. The van der Waals surface area contributed by atoms with Crippen LogP contribution in [0.1, 0.15) is 5.56 Å². The second-order valence-corrected chi connectivity index (χ2v) is 2.66. The Morgan fingerprint density at radius 3 is 2.85 bits per heavy atom. The molecule has 3 heteroatoms. The summed E-state index contributed by atoms with van der Waals surface area (Å²) in [5, 5.41) is 9.65. The van der Waals surface area contributed by atoms with Crippen molar-refractivity contribution in [1.82, 2.24) is 0 Å². The highest BCUT2D eigenvalue weighted by molar-refractivity contribution is 5.72. The number of para-hydroxylation sites is 1.